The van der Waals surface area contributed by atoms with Crippen LogP contribution in [0, 0.1) is 0 Å². The molecule has 0 aliphatic carbocycles. The number of pyridine rings is 1. The van der Waals surface area contributed by atoms with Gasteiger partial charge in [0.2, 0.25) is 5.95 Å². The summed E-state index contributed by atoms with van der Waals surface area (Å²) in [6, 6.07) is 2.52. The van der Waals surface area contributed by atoms with E-state index in [4.69, 9.17) is 0 Å². The quantitative estimate of drug-likeness (QED) is 0.790. The maximum atomic E-state index is 12.5. The zero-order valence-corrected chi connectivity index (χ0v) is 14.3. The zero-order valence-electron chi connectivity index (χ0n) is 12.7. The number of anilines is 1. The van der Waals surface area contributed by atoms with Crippen molar-refractivity contribution >= 4 is 21.9 Å². The van der Waals surface area contributed by atoms with Gasteiger partial charge in [-0.2, -0.15) is 13.2 Å². The summed E-state index contributed by atoms with van der Waals surface area (Å²) in [5, 5.41) is 0. The van der Waals surface area contributed by atoms with Crippen LogP contribution < -0.4 is 4.90 Å². The average molecular weight is 402 g/mol. The molecule has 0 saturated carbocycles. The summed E-state index contributed by atoms with van der Waals surface area (Å²) in [5.41, 5.74) is -0.0835. The van der Waals surface area contributed by atoms with Crippen LogP contribution in [0.5, 0.6) is 0 Å². The molecule has 0 unspecified atom stereocenters. The third-order valence-electron chi connectivity index (χ3n) is 3.80. The molecule has 24 heavy (non-hydrogen) atoms. The first kappa shape index (κ1) is 17.1. The molecule has 1 fully saturated rings. The van der Waals surface area contributed by atoms with Crippen molar-refractivity contribution in [2.24, 2.45) is 0 Å². The topological polar surface area (TPSA) is 45.2 Å². The average Bonchev–Trinajstić information content (AvgIpc) is 2.56. The maximum absolute atomic E-state index is 12.5. The van der Waals surface area contributed by atoms with Gasteiger partial charge in [-0.15, -0.1) is 0 Å². The second kappa shape index (κ2) is 7.02. The Kier molecular flexibility index (Phi) is 5.00. The highest BCUT2D eigenvalue weighted by atomic mass is 79.9. The predicted molar refractivity (Wildman–Crippen MR) is 86.5 cm³/mol. The van der Waals surface area contributed by atoms with Crippen LogP contribution in [0.4, 0.5) is 19.1 Å². The van der Waals surface area contributed by atoms with Crippen molar-refractivity contribution in [1.82, 2.24) is 19.9 Å². The molecule has 2 aromatic heterocycles. The van der Waals surface area contributed by atoms with Crippen LogP contribution in [0.2, 0.25) is 0 Å². The lowest BCUT2D eigenvalue weighted by molar-refractivity contribution is -0.137. The monoisotopic (exact) mass is 401 g/mol. The van der Waals surface area contributed by atoms with Gasteiger partial charge in [0.05, 0.1) is 15.7 Å². The molecular weight excluding hydrogens is 387 g/mol. The van der Waals surface area contributed by atoms with Crippen molar-refractivity contribution in [3.8, 4) is 0 Å². The van der Waals surface area contributed by atoms with Crippen molar-refractivity contribution in [3.05, 3.63) is 46.5 Å². The van der Waals surface area contributed by atoms with E-state index >= 15 is 0 Å². The van der Waals surface area contributed by atoms with E-state index in [1.165, 1.54) is 6.07 Å². The molecule has 0 radical (unpaired) electrons. The Morgan fingerprint density at radius 2 is 1.62 bits per heavy atom. The number of hydrogen-bond acceptors (Lipinski definition) is 5. The fourth-order valence-corrected chi connectivity index (χ4v) is 2.69. The van der Waals surface area contributed by atoms with Crippen LogP contribution in [0.25, 0.3) is 0 Å². The molecule has 1 aliphatic heterocycles. The van der Waals surface area contributed by atoms with Gasteiger partial charge in [0.15, 0.2) is 0 Å². The van der Waals surface area contributed by atoms with Crippen molar-refractivity contribution in [1.29, 1.82) is 0 Å². The van der Waals surface area contributed by atoms with Crippen LogP contribution in [-0.2, 0) is 12.7 Å². The summed E-state index contributed by atoms with van der Waals surface area (Å²) in [7, 11) is 0. The molecule has 128 valence electrons. The molecule has 3 rings (SSSR count). The van der Waals surface area contributed by atoms with E-state index in [-0.39, 0.29) is 0 Å². The minimum absolute atomic E-state index is 0.535. The fraction of sp³-hybridized carbons (Fsp3) is 0.400. The van der Waals surface area contributed by atoms with Gasteiger partial charge in [-0.3, -0.25) is 9.88 Å². The Morgan fingerprint density at radius 3 is 2.17 bits per heavy atom. The Balaban J connectivity index is 1.54. The Bertz CT molecular complexity index is 667. The molecule has 0 N–H and O–H groups in total. The number of halogens is 4. The van der Waals surface area contributed by atoms with Gasteiger partial charge in [-0.25, -0.2) is 9.97 Å². The Hall–Kier alpha value is -1.74. The van der Waals surface area contributed by atoms with Gasteiger partial charge in [-0.05, 0) is 28.1 Å². The second-order valence-corrected chi connectivity index (χ2v) is 6.42. The molecule has 0 aromatic carbocycles. The molecule has 1 saturated heterocycles. The minimum atomic E-state index is -4.35. The van der Waals surface area contributed by atoms with E-state index < -0.39 is 11.7 Å². The van der Waals surface area contributed by atoms with Crippen molar-refractivity contribution in [2.45, 2.75) is 12.7 Å². The summed E-state index contributed by atoms with van der Waals surface area (Å²) in [5.74, 6) is 0.686. The van der Waals surface area contributed by atoms with Crippen molar-refractivity contribution in [3.63, 3.8) is 0 Å². The normalized spacial score (nSPS) is 16.4. The summed E-state index contributed by atoms with van der Waals surface area (Å²) in [6.07, 6.45) is -0.0370. The minimum Gasteiger partial charge on any atom is -0.338 e. The zero-order chi connectivity index (χ0) is 17.2. The summed E-state index contributed by atoms with van der Waals surface area (Å²) in [6.45, 7) is 3.63. The first-order valence-corrected chi connectivity index (χ1v) is 8.18. The molecule has 5 nitrogen and oxygen atoms in total. The van der Waals surface area contributed by atoms with Crippen LogP contribution in [-0.4, -0.2) is 46.0 Å². The van der Waals surface area contributed by atoms with Gasteiger partial charge in [0.25, 0.3) is 0 Å². The van der Waals surface area contributed by atoms with E-state index in [1.807, 2.05) is 0 Å². The molecule has 1 aliphatic rings. The predicted octanol–water partition coefficient (Wildman–Crippen LogP) is 2.98. The number of piperazine rings is 1. The molecular formula is C15H15BrF3N5. The number of nitrogens with zero attached hydrogens (tertiary/aromatic N) is 5. The van der Waals surface area contributed by atoms with Crippen LogP contribution >= 0.6 is 15.9 Å². The standard InChI is InChI=1S/C15H15BrF3N5/c16-12-8-21-14(22-9-12)24-5-3-23(4-6-24)10-13-2-1-11(7-20-13)15(17,18)19/h1-2,7-9H,3-6,10H2. The molecule has 2 aromatic rings. The first-order valence-electron chi connectivity index (χ1n) is 7.39. The maximum Gasteiger partial charge on any atom is 0.417 e. The lowest BCUT2D eigenvalue weighted by atomic mass is 10.2. The lowest BCUT2D eigenvalue weighted by Crippen LogP contribution is -2.46. The Morgan fingerprint density at radius 1 is 0.958 bits per heavy atom. The summed E-state index contributed by atoms with van der Waals surface area (Å²) >= 11 is 3.30. The third kappa shape index (κ3) is 4.21. The van der Waals surface area contributed by atoms with Gasteiger partial charge in [0.1, 0.15) is 0 Å². The molecule has 9 heteroatoms. The highest BCUT2D eigenvalue weighted by Crippen LogP contribution is 2.28. The van der Waals surface area contributed by atoms with E-state index in [0.717, 1.165) is 42.9 Å². The van der Waals surface area contributed by atoms with Crippen molar-refractivity contribution < 1.29 is 13.2 Å². The Labute approximate surface area is 145 Å². The van der Waals surface area contributed by atoms with Crippen molar-refractivity contribution in [2.75, 3.05) is 31.1 Å². The largest absolute Gasteiger partial charge is 0.417 e. The van der Waals surface area contributed by atoms with E-state index in [0.29, 0.717) is 18.2 Å². The third-order valence-corrected chi connectivity index (χ3v) is 4.21. The molecule has 0 bridgehead atoms. The highest BCUT2D eigenvalue weighted by Gasteiger charge is 2.30. The number of rotatable bonds is 3. The van der Waals surface area contributed by atoms with Gasteiger partial charge in [0, 0.05) is 51.3 Å². The van der Waals surface area contributed by atoms with Gasteiger partial charge in [-0.1, -0.05) is 0 Å². The van der Waals surface area contributed by atoms with Gasteiger partial charge < -0.3 is 4.90 Å². The lowest BCUT2D eigenvalue weighted by Gasteiger charge is -2.34. The van der Waals surface area contributed by atoms with E-state index in [9.17, 15) is 13.2 Å². The highest BCUT2D eigenvalue weighted by molar-refractivity contribution is 9.10. The van der Waals surface area contributed by atoms with Gasteiger partial charge >= 0.3 is 6.18 Å². The van der Waals surface area contributed by atoms with Crippen LogP contribution in [0.1, 0.15) is 11.3 Å². The molecule has 0 amide bonds. The summed E-state index contributed by atoms with van der Waals surface area (Å²) < 4.78 is 38.4. The van der Waals surface area contributed by atoms with Crippen LogP contribution in [0.15, 0.2) is 35.2 Å². The smallest absolute Gasteiger partial charge is 0.338 e. The number of hydrogen-bond donors (Lipinski definition) is 0. The number of aromatic nitrogens is 3. The second-order valence-electron chi connectivity index (χ2n) is 5.50. The summed E-state index contributed by atoms with van der Waals surface area (Å²) in [4.78, 5) is 16.7. The SMILES string of the molecule is FC(F)(F)c1ccc(CN2CCN(c3ncc(Br)cn3)CC2)nc1. The molecule has 3 heterocycles. The number of alkyl halides is 3. The van der Waals surface area contributed by atoms with E-state index in [2.05, 4.69) is 40.7 Å². The molecule has 0 spiro atoms. The fourth-order valence-electron chi connectivity index (χ4n) is 2.49. The molecule has 0 atom stereocenters. The van der Waals surface area contributed by atoms with E-state index in [1.54, 1.807) is 12.4 Å². The van der Waals surface area contributed by atoms with Crippen LogP contribution in [0.3, 0.4) is 0 Å². The first-order chi connectivity index (χ1) is 11.4.